The van der Waals surface area contributed by atoms with Crippen LogP contribution in [-0.4, -0.2) is 87.5 Å². The summed E-state index contributed by atoms with van der Waals surface area (Å²) in [6.07, 6.45) is 65.3. The van der Waals surface area contributed by atoms with Crippen LogP contribution in [-0.2, 0) is 14.3 Å². The first kappa shape index (κ1) is 64.9. The second kappa shape index (κ2) is 49.4. The van der Waals surface area contributed by atoms with Gasteiger partial charge in [-0.3, -0.25) is 4.79 Å². The smallest absolute Gasteiger partial charge is 0.220 e. The number of carbonyl (C=O) groups is 1. The molecular formula is C61H103NO8. The molecule has 1 fully saturated rings. The summed E-state index contributed by atoms with van der Waals surface area (Å²) in [6, 6.07) is -0.745. The summed E-state index contributed by atoms with van der Waals surface area (Å²) in [7, 11) is 0. The Morgan fingerprint density at radius 3 is 1.30 bits per heavy atom. The first-order valence-corrected chi connectivity index (χ1v) is 28.1. The molecule has 0 radical (unpaired) electrons. The minimum absolute atomic E-state index is 0.158. The van der Waals surface area contributed by atoms with Crippen molar-refractivity contribution in [1.29, 1.82) is 0 Å². The van der Waals surface area contributed by atoms with Crippen LogP contribution in [0.2, 0.25) is 0 Å². The monoisotopic (exact) mass is 978 g/mol. The van der Waals surface area contributed by atoms with Gasteiger partial charge >= 0.3 is 0 Å². The molecule has 9 heteroatoms. The van der Waals surface area contributed by atoms with Crippen molar-refractivity contribution in [2.45, 2.75) is 256 Å². The van der Waals surface area contributed by atoms with Crippen molar-refractivity contribution in [3.05, 3.63) is 109 Å². The van der Waals surface area contributed by atoms with Crippen molar-refractivity contribution in [2.24, 2.45) is 0 Å². The third-order valence-corrected chi connectivity index (χ3v) is 12.6. The number of nitrogens with one attached hydrogen (secondary N) is 1. The number of aliphatic hydroxyl groups is 5. The van der Waals surface area contributed by atoms with Crippen LogP contribution >= 0.6 is 0 Å². The van der Waals surface area contributed by atoms with Gasteiger partial charge in [0, 0.05) is 6.42 Å². The van der Waals surface area contributed by atoms with E-state index in [0.29, 0.717) is 12.8 Å². The standard InChI is InChI=1S/C61H103NO8/c1-3-5-7-9-11-13-15-17-19-21-22-23-24-25-26-27-28-29-30-31-32-33-34-35-37-39-41-43-45-47-49-51-57(65)62-54(53-69-61-60(68)59(67)58(66)56(52-63)70-61)55(64)50-48-46-44-42-40-38-36-20-18-16-14-12-10-8-6-4-2/h5,7,11,13,17,19,22-23,25-26,28-29,31-32,34-35,39,41,54-56,58-61,63-64,66-68H,3-4,6,8-10,12,14-16,18,20-21,24,27,30,33,36-38,40,42-53H2,1-2H3,(H,62,65)/b7-5-,13-11-,19-17-,23-22-,26-25-,29-28-,32-31-,35-34-,41-39-. The Morgan fingerprint density at radius 2 is 0.886 bits per heavy atom. The predicted octanol–water partition coefficient (Wildman–Crippen LogP) is 13.8. The third-order valence-electron chi connectivity index (χ3n) is 12.6. The highest BCUT2D eigenvalue weighted by molar-refractivity contribution is 5.76. The largest absolute Gasteiger partial charge is 0.394 e. The molecule has 0 spiro atoms. The Morgan fingerprint density at radius 1 is 0.500 bits per heavy atom. The Kier molecular flexibility index (Phi) is 45.8. The van der Waals surface area contributed by atoms with E-state index in [1.165, 1.54) is 83.5 Å². The van der Waals surface area contributed by atoms with Crippen LogP contribution < -0.4 is 5.32 Å². The molecule has 7 unspecified atom stereocenters. The van der Waals surface area contributed by atoms with Crippen LogP contribution in [0.15, 0.2) is 109 Å². The minimum atomic E-state index is -1.57. The molecule has 0 aromatic heterocycles. The van der Waals surface area contributed by atoms with Crippen LogP contribution in [0.4, 0.5) is 0 Å². The van der Waals surface area contributed by atoms with E-state index in [-0.39, 0.29) is 12.5 Å². The number of hydrogen-bond donors (Lipinski definition) is 6. The van der Waals surface area contributed by atoms with E-state index in [9.17, 15) is 30.3 Å². The van der Waals surface area contributed by atoms with Crippen molar-refractivity contribution < 1.29 is 39.8 Å². The summed E-state index contributed by atoms with van der Waals surface area (Å²) in [4.78, 5) is 13.1. The van der Waals surface area contributed by atoms with Crippen LogP contribution in [0, 0.1) is 0 Å². The van der Waals surface area contributed by atoms with Crippen molar-refractivity contribution >= 4 is 5.91 Å². The molecule has 70 heavy (non-hydrogen) atoms. The quantitative estimate of drug-likeness (QED) is 0.0261. The molecule has 0 bridgehead atoms. The SMILES string of the molecule is CC/C=C\C/C=C\C/C=C\C/C=C\C/C=C\C/C=C\C/C=C\C/C=C\C/C=C\CCCCCC(=O)NC(COC1OC(CO)C(O)C(O)C1O)C(O)CCCCCCCCCCCCCCCCCC. The molecule has 0 aromatic carbocycles. The molecule has 9 nitrogen and oxygen atoms in total. The fourth-order valence-corrected chi connectivity index (χ4v) is 8.21. The van der Waals surface area contributed by atoms with Crippen LogP contribution in [0.3, 0.4) is 0 Å². The van der Waals surface area contributed by atoms with Crippen molar-refractivity contribution in [3.63, 3.8) is 0 Å². The van der Waals surface area contributed by atoms with Crippen molar-refractivity contribution in [1.82, 2.24) is 5.32 Å². The van der Waals surface area contributed by atoms with Gasteiger partial charge in [-0.25, -0.2) is 0 Å². The average Bonchev–Trinajstić information content (AvgIpc) is 3.36. The van der Waals surface area contributed by atoms with Gasteiger partial charge < -0.3 is 40.3 Å². The lowest BCUT2D eigenvalue weighted by molar-refractivity contribution is -0.302. The van der Waals surface area contributed by atoms with E-state index in [0.717, 1.165) is 103 Å². The summed E-state index contributed by atoms with van der Waals surface area (Å²) in [5, 5.41) is 54.6. The lowest BCUT2D eigenvalue weighted by atomic mass is 9.99. The first-order chi connectivity index (χ1) is 34.3. The number of ether oxygens (including phenoxy) is 2. The van der Waals surface area contributed by atoms with E-state index in [4.69, 9.17) is 9.47 Å². The van der Waals surface area contributed by atoms with E-state index in [1.807, 2.05) is 0 Å². The first-order valence-electron chi connectivity index (χ1n) is 28.1. The highest BCUT2D eigenvalue weighted by Gasteiger charge is 2.44. The molecule has 1 amide bonds. The van der Waals surface area contributed by atoms with E-state index in [1.54, 1.807) is 0 Å². The van der Waals surface area contributed by atoms with E-state index in [2.05, 4.69) is 129 Å². The van der Waals surface area contributed by atoms with Gasteiger partial charge in [0.1, 0.15) is 24.4 Å². The number of amides is 1. The fraction of sp³-hybridized carbons (Fsp3) is 0.689. The summed E-state index contributed by atoms with van der Waals surface area (Å²) in [6.45, 7) is 3.70. The molecule has 1 rings (SSSR count). The number of aliphatic hydroxyl groups excluding tert-OH is 5. The van der Waals surface area contributed by atoms with Gasteiger partial charge in [-0.05, 0) is 83.5 Å². The normalized spacial score (nSPS) is 20.2. The molecule has 400 valence electrons. The molecule has 0 aromatic rings. The highest BCUT2D eigenvalue weighted by Crippen LogP contribution is 2.23. The summed E-state index contributed by atoms with van der Waals surface area (Å²) < 4.78 is 11.3. The van der Waals surface area contributed by atoms with Crippen molar-refractivity contribution in [2.75, 3.05) is 13.2 Å². The van der Waals surface area contributed by atoms with Crippen LogP contribution in [0.25, 0.3) is 0 Å². The van der Waals surface area contributed by atoms with E-state index >= 15 is 0 Å². The Balaban J connectivity index is 2.26. The summed E-state index contributed by atoms with van der Waals surface area (Å²) in [5.74, 6) is -0.180. The summed E-state index contributed by atoms with van der Waals surface area (Å²) >= 11 is 0. The maximum atomic E-state index is 13.1. The van der Waals surface area contributed by atoms with Gasteiger partial charge in [-0.15, -0.1) is 0 Å². The second-order valence-corrected chi connectivity index (χ2v) is 19.0. The predicted molar refractivity (Wildman–Crippen MR) is 294 cm³/mol. The van der Waals surface area contributed by atoms with Gasteiger partial charge in [0.15, 0.2) is 6.29 Å². The van der Waals surface area contributed by atoms with Gasteiger partial charge in [0.2, 0.25) is 5.91 Å². The Labute approximate surface area is 427 Å². The molecule has 6 N–H and O–H groups in total. The second-order valence-electron chi connectivity index (χ2n) is 19.0. The molecular weight excluding hydrogens is 875 g/mol. The van der Waals surface area contributed by atoms with Crippen molar-refractivity contribution in [3.8, 4) is 0 Å². The third kappa shape index (κ3) is 38.5. The topological polar surface area (TPSA) is 149 Å². The number of unbranched alkanes of at least 4 members (excludes halogenated alkanes) is 18. The Hall–Kier alpha value is -3.15. The zero-order chi connectivity index (χ0) is 50.8. The lowest BCUT2D eigenvalue weighted by Crippen LogP contribution is -2.60. The minimum Gasteiger partial charge on any atom is -0.394 e. The number of carbonyl (C=O) groups excluding carboxylic acids is 1. The number of rotatable bonds is 46. The zero-order valence-corrected chi connectivity index (χ0v) is 44.2. The molecule has 7 atom stereocenters. The van der Waals surface area contributed by atoms with Gasteiger partial charge in [-0.2, -0.15) is 0 Å². The van der Waals surface area contributed by atoms with E-state index < -0.39 is 49.5 Å². The fourth-order valence-electron chi connectivity index (χ4n) is 8.21. The van der Waals surface area contributed by atoms with Gasteiger partial charge in [0.25, 0.3) is 0 Å². The maximum Gasteiger partial charge on any atom is 0.220 e. The molecule has 1 saturated heterocycles. The molecule has 1 heterocycles. The zero-order valence-electron chi connectivity index (χ0n) is 44.2. The van der Waals surface area contributed by atoms with Crippen LogP contribution in [0.1, 0.15) is 213 Å². The summed E-state index contributed by atoms with van der Waals surface area (Å²) in [5.41, 5.74) is 0. The molecule has 0 aliphatic carbocycles. The van der Waals surface area contributed by atoms with Gasteiger partial charge in [-0.1, -0.05) is 232 Å². The Bertz CT molecular complexity index is 1460. The maximum absolute atomic E-state index is 13.1. The molecule has 1 aliphatic heterocycles. The average molecular weight is 978 g/mol. The molecule has 1 aliphatic rings. The highest BCUT2D eigenvalue weighted by atomic mass is 16.7. The number of allylic oxidation sites excluding steroid dienone is 18. The van der Waals surface area contributed by atoms with Crippen LogP contribution in [0.5, 0.6) is 0 Å². The van der Waals surface area contributed by atoms with Gasteiger partial charge in [0.05, 0.1) is 25.4 Å². The number of hydrogen-bond acceptors (Lipinski definition) is 8. The lowest BCUT2D eigenvalue weighted by Gasteiger charge is -2.40. The molecule has 0 saturated carbocycles.